The first-order chi connectivity index (χ1) is 6.99. The summed E-state index contributed by atoms with van der Waals surface area (Å²) in [4.78, 5) is 12.8. The highest BCUT2D eigenvalue weighted by atomic mass is 19.3. The summed E-state index contributed by atoms with van der Waals surface area (Å²) >= 11 is 0. The summed E-state index contributed by atoms with van der Waals surface area (Å²) in [7, 11) is 0. The Kier molecular flexibility index (Phi) is 3.10. The summed E-state index contributed by atoms with van der Waals surface area (Å²) in [5.41, 5.74) is 3.01. The van der Waals surface area contributed by atoms with Gasteiger partial charge in [0.05, 0.1) is 22.8 Å². The van der Waals surface area contributed by atoms with E-state index in [2.05, 4.69) is 4.98 Å². The Morgan fingerprint density at radius 2 is 2.27 bits per heavy atom. The van der Waals surface area contributed by atoms with Crippen LogP contribution in [0.5, 0.6) is 0 Å². The molecule has 6 nitrogen and oxygen atoms in total. The lowest BCUT2D eigenvalue weighted by atomic mass is 10.1. The molecule has 0 atom stereocenters. The maximum Gasteiger partial charge on any atom is 0.295 e. The standard InChI is InChI=1S/C7H7F2N3O3/c8-7(9)6-5(10)3(2-13)4(1-11-6)12(14)15/h1,7,13H,2,10H2. The number of nitro groups is 1. The van der Waals surface area contributed by atoms with Gasteiger partial charge in [-0.2, -0.15) is 0 Å². The van der Waals surface area contributed by atoms with Gasteiger partial charge in [-0.1, -0.05) is 0 Å². The predicted octanol–water partition coefficient (Wildman–Crippen LogP) is 1.00. The monoisotopic (exact) mass is 219 g/mol. The van der Waals surface area contributed by atoms with Crippen molar-refractivity contribution >= 4 is 11.4 Å². The van der Waals surface area contributed by atoms with Gasteiger partial charge in [0.25, 0.3) is 12.1 Å². The van der Waals surface area contributed by atoms with Gasteiger partial charge in [-0.15, -0.1) is 0 Å². The first-order valence-electron chi connectivity index (χ1n) is 3.79. The molecule has 1 aromatic rings. The van der Waals surface area contributed by atoms with Crippen molar-refractivity contribution in [3.05, 3.63) is 27.6 Å². The van der Waals surface area contributed by atoms with Gasteiger partial charge < -0.3 is 10.8 Å². The molecular weight excluding hydrogens is 212 g/mol. The molecule has 0 amide bonds. The topological polar surface area (TPSA) is 102 Å². The van der Waals surface area contributed by atoms with Crippen molar-refractivity contribution < 1.29 is 18.8 Å². The van der Waals surface area contributed by atoms with Crippen LogP contribution in [0.15, 0.2) is 6.20 Å². The zero-order valence-corrected chi connectivity index (χ0v) is 7.35. The zero-order chi connectivity index (χ0) is 11.6. The summed E-state index contributed by atoms with van der Waals surface area (Å²) < 4.78 is 24.6. The van der Waals surface area contributed by atoms with Crippen LogP contribution in [0.1, 0.15) is 17.7 Å². The number of anilines is 1. The zero-order valence-electron chi connectivity index (χ0n) is 7.35. The van der Waals surface area contributed by atoms with Crippen LogP contribution in [0.3, 0.4) is 0 Å². The van der Waals surface area contributed by atoms with Crippen LogP contribution in [0, 0.1) is 10.1 Å². The second-order valence-electron chi connectivity index (χ2n) is 2.64. The van der Waals surface area contributed by atoms with Crippen molar-refractivity contribution in [3.8, 4) is 0 Å². The van der Waals surface area contributed by atoms with E-state index in [9.17, 15) is 18.9 Å². The molecule has 0 saturated carbocycles. The van der Waals surface area contributed by atoms with Crippen molar-refractivity contribution in [3.63, 3.8) is 0 Å². The highest BCUT2D eigenvalue weighted by molar-refractivity contribution is 5.59. The lowest BCUT2D eigenvalue weighted by molar-refractivity contribution is -0.386. The van der Waals surface area contributed by atoms with E-state index in [0.29, 0.717) is 6.20 Å². The molecule has 1 rings (SSSR count). The molecule has 0 aliphatic rings. The number of aliphatic hydroxyl groups excluding tert-OH is 1. The van der Waals surface area contributed by atoms with Gasteiger partial charge in [0.2, 0.25) is 0 Å². The third kappa shape index (κ3) is 1.99. The predicted molar refractivity (Wildman–Crippen MR) is 46.2 cm³/mol. The molecule has 0 fully saturated rings. The minimum Gasteiger partial charge on any atom is -0.397 e. The fraction of sp³-hybridized carbons (Fsp3) is 0.286. The van der Waals surface area contributed by atoms with Crippen molar-refractivity contribution in [2.45, 2.75) is 13.0 Å². The molecule has 82 valence electrons. The first kappa shape index (κ1) is 11.2. The highest BCUT2D eigenvalue weighted by Gasteiger charge is 2.23. The van der Waals surface area contributed by atoms with E-state index in [1.165, 1.54) is 0 Å². The number of alkyl halides is 2. The Bertz CT molecular complexity index is 397. The van der Waals surface area contributed by atoms with E-state index in [-0.39, 0.29) is 5.56 Å². The van der Waals surface area contributed by atoms with Gasteiger partial charge in [0.1, 0.15) is 11.9 Å². The van der Waals surface area contributed by atoms with Crippen LogP contribution in [0.2, 0.25) is 0 Å². The summed E-state index contributed by atoms with van der Waals surface area (Å²) in [6.45, 7) is -0.787. The second kappa shape index (κ2) is 4.13. The van der Waals surface area contributed by atoms with E-state index < -0.39 is 35.0 Å². The number of nitrogen functional groups attached to an aromatic ring is 1. The Hall–Kier alpha value is -1.83. The number of hydrogen-bond donors (Lipinski definition) is 2. The van der Waals surface area contributed by atoms with Crippen LogP contribution in [0.4, 0.5) is 20.2 Å². The third-order valence-corrected chi connectivity index (χ3v) is 1.80. The largest absolute Gasteiger partial charge is 0.397 e. The van der Waals surface area contributed by atoms with Crippen molar-refractivity contribution in [1.82, 2.24) is 4.98 Å². The van der Waals surface area contributed by atoms with Gasteiger partial charge in [-0.3, -0.25) is 10.1 Å². The highest BCUT2D eigenvalue weighted by Crippen LogP contribution is 2.30. The molecule has 0 unspecified atom stereocenters. The summed E-state index contributed by atoms with van der Waals surface area (Å²) in [6.07, 6.45) is -2.28. The molecule has 0 radical (unpaired) electrons. The van der Waals surface area contributed by atoms with Crippen LogP contribution < -0.4 is 5.73 Å². The molecule has 3 N–H and O–H groups in total. The van der Waals surface area contributed by atoms with Crippen LogP contribution in [-0.2, 0) is 6.61 Å². The molecule has 1 heterocycles. The normalized spacial score (nSPS) is 10.7. The number of nitrogens with zero attached hydrogens (tertiary/aromatic N) is 2. The molecule has 0 saturated heterocycles. The number of halogens is 2. The Labute approximate surface area is 82.5 Å². The summed E-state index contributed by atoms with van der Waals surface area (Å²) in [5, 5.41) is 19.2. The lowest BCUT2D eigenvalue weighted by Crippen LogP contribution is -2.06. The molecule has 1 aromatic heterocycles. The van der Waals surface area contributed by atoms with Gasteiger partial charge in [0.15, 0.2) is 0 Å². The van der Waals surface area contributed by atoms with Gasteiger partial charge in [0, 0.05) is 0 Å². The van der Waals surface area contributed by atoms with Gasteiger partial charge >= 0.3 is 0 Å². The Balaban J connectivity index is 3.39. The van der Waals surface area contributed by atoms with Crippen LogP contribution in [0.25, 0.3) is 0 Å². The van der Waals surface area contributed by atoms with Gasteiger partial charge in [-0.05, 0) is 0 Å². The quantitative estimate of drug-likeness (QED) is 0.583. The number of pyridine rings is 1. The summed E-state index contributed by atoms with van der Waals surface area (Å²) in [5.74, 6) is 0. The molecule has 0 bridgehead atoms. The van der Waals surface area contributed by atoms with E-state index in [0.717, 1.165) is 0 Å². The summed E-state index contributed by atoms with van der Waals surface area (Å²) in [6, 6.07) is 0. The number of hydrogen-bond acceptors (Lipinski definition) is 5. The minimum absolute atomic E-state index is 0.342. The molecule has 0 aromatic carbocycles. The van der Waals surface area contributed by atoms with Crippen molar-refractivity contribution in [2.24, 2.45) is 0 Å². The van der Waals surface area contributed by atoms with Crippen LogP contribution in [-0.4, -0.2) is 15.0 Å². The molecule has 0 aliphatic carbocycles. The Morgan fingerprint density at radius 1 is 1.67 bits per heavy atom. The maximum atomic E-state index is 12.3. The number of nitrogens with two attached hydrogens (primary N) is 1. The second-order valence-corrected chi connectivity index (χ2v) is 2.64. The average Bonchev–Trinajstić information content (AvgIpc) is 2.16. The van der Waals surface area contributed by atoms with Crippen molar-refractivity contribution in [2.75, 3.05) is 5.73 Å². The molecule has 0 aliphatic heterocycles. The Morgan fingerprint density at radius 3 is 2.67 bits per heavy atom. The lowest BCUT2D eigenvalue weighted by Gasteiger charge is -2.07. The maximum absolute atomic E-state index is 12.3. The van der Waals surface area contributed by atoms with Crippen molar-refractivity contribution in [1.29, 1.82) is 0 Å². The molecule has 8 heteroatoms. The number of rotatable bonds is 3. The number of aliphatic hydroxyl groups is 1. The fourth-order valence-corrected chi connectivity index (χ4v) is 1.07. The molecule has 15 heavy (non-hydrogen) atoms. The molecule has 0 spiro atoms. The fourth-order valence-electron chi connectivity index (χ4n) is 1.07. The SMILES string of the molecule is Nc1c(C(F)F)ncc([N+](=O)[O-])c1CO. The smallest absolute Gasteiger partial charge is 0.295 e. The average molecular weight is 219 g/mol. The third-order valence-electron chi connectivity index (χ3n) is 1.80. The minimum atomic E-state index is -2.93. The first-order valence-corrected chi connectivity index (χ1v) is 3.79. The van der Waals surface area contributed by atoms with E-state index in [1.807, 2.05) is 0 Å². The van der Waals surface area contributed by atoms with E-state index in [1.54, 1.807) is 0 Å². The number of aromatic nitrogens is 1. The molecular formula is C7H7F2N3O3. The van der Waals surface area contributed by atoms with Gasteiger partial charge in [-0.25, -0.2) is 13.8 Å². The van der Waals surface area contributed by atoms with Crippen LogP contribution >= 0.6 is 0 Å². The van der Waals surface area contributed by atoms with E-state index in [4.69, 9.17) is 10.8 Å². The van der Waals surface area contributed by atoms with E-state index >= 15 is 0 Å².